The number of carbonyl (C=O) groups excluding carboxylic acids is 1. The number of nitrogens with one attached hydrogen (secondary N) is 2. The van der Waals surface area contributed by atoms with Gasteiger partial charge in [-0.05, 0) is 55.1 Å². The summed E-state index contributed by atoms with van der Waals surface area (Å²) in [6.45, 7) is 4.61. The van der Waals surface area contributed by atoms with Crippen molar-refractivity contribution in [2.24, 2.45) is 5.92 Å². The number of ether oxygens (including phenoxy) is 1. The van der Waals surface area contributed by atoms with Gasteiger partial charge in [-0.2, -0.15) is 0 Å². The van der Waals surface area contributed by atoms with Crippen LogP contribution in [0.1, 0.15) is 28.6 Å². The molecule has 2 N–H and O–H groups in total. The SMILES string of the molecule is CC1CNCCC1NC(=O)c1cccc(OCc2cccs2)c1. The van der Waals surface area contributed by atoms with E-state index in [2.05, 4.69) is 17.6 Å². The van der Waals surface area contributed by atoms with Gasteiger partial charge >= 0.3 is 0 Å². The van der Waals surface area contributed by atoms with Crippen molar-refractivity contribution >= 4 is 17.2 Å². The number of hydrogen-bond donors (Lipinski definition) is 2. The molecule has 0 saturated carbocycles. The lowest BCUT2D eigenvalue weighted by atomic mass is 9.95. The van der Waals surface area contributed by atoms with Crippen molar-refractivity contribution in [1.82, 2.24) is 10.6 Å². The maximum Gasteiger partial charge on any atom is 0.251 e. The van der Waals surface area contributed by atoms with Crippen molar-refractivity contribution in [3.63, 3.8) is 0 Å². The summed E-state index contributed by atoms with van der Waals surface area (Å²) in [5, 5.41) is 8.53. The molecule has 23 heavy (non-hydrogen) atoms. The fraction of sp³-hybridized carbons (Fsp3) is 0.389. The molecule has 4 nitrogen and oxygen atoms in total. The van der Waals surface area contributed by atoms with Crippen molar-refractivity contribution < 1.29 is 9.53 Å². The molecule has 0 radical (unpaired) electrons. The standard InChI is InChI=1S/C18H22N2O2S/c1-13-11-19-8-7-17(13)20-18(21)14-4-2-5-15(10-14)22-12-16-6-3-9-23-16/h2-6,9-10,13,17,19H,7-8,11-12H2,1H3,(H,20,21). The van der Waals surface area contributed by atoms with Gasteiger partial charge in [0.2, 0.25) is 0 Å². The quantitative estimate of drug-likeness (QED) is 0.886. The Morgan fingerprint density at radius 3 is 3.09 bits per heavy atom. The van der Waals surface area contributed by atoms with E-state index in [1.165, 1.54) is 4.88 Å². The number of carbonyl (C=O) groups is 1. The molecule has 1 aromatic heterocycles. The van der Waals surface area contributed by atoms with Crippen LogP contribution in [0.4, 0.5) is 0 Å². The molecule has 0 spiro atoms. The van der Waals surface area contributed by atoms with Gasteiger partial charge in [-0.3, -0.25) is 4.79 Å². The smallest absolute Gasteiger partial charge is 0.251 e. The zero-order valence-corrected chi connectivity index (χ0v) is 14.1. The first kappa shape index (κ1) is 16.0. The molecule has 2 atom stereocenters. The van der Waals surface area contributed by atoms with E-state index in [4.69, 9.17) is 4.74 Å². The van der Waals surface area contributed by atoms with Crippen LogP contribution in [0.25, 0.3) is 0 Å². The van der Waals surface area contributed by atoms with Crippen molar-refractivity contribution in [1.29, 1.82) is 0 Å². The highest BCUT2D eigenvalue weighted by Gasteiger charge is 2.23. The monoisotopic (exact) mass is 330 g/mol. The summed E-state index contributed by atoms with van der Waals surface area (Å²) in [5.41, 5.74) is 0.652. The van der Waals surface area contributed by atoms with E-state index in [1.54, 1.807) is 11.3 Å². The van der Waals surface area contributed by atoms with Crippen LogP contribution in [-0.4, -0.2) is 25.0 Å². The molecule has 2 unspecified atom stereocenters. The molecule has 1 amide bonds. The second-order valence-corrected chi connectivity index (χ2v) is 6.98. The van der Waals surface area contributed by atoms with E-state index < -0.39 is 0 Å². The zero-order valence-electron chi connectivity index (χ0n) is 13.2. The fourth-order valence-electron chi connectivity index (χ4n) is 2.76. The highest BCUT2D eigenvalue weighted by atomic mass is 32.1. The second kappa shape index (κ2) is 7.62. The van der Waals surface area contributed by atoms with Crippen LogP contribution >= 0.6 is 11.3 Å². The molecule has 0 bridgehead atoms. The number of benzene rings is 1. The van der Waals surface area contributed by atoms with Gasteiger partial charge in [0, 0.05) is 16.5 Å². The van der Waals surface area contributed by atoms with E-state index in [0.29, 0.717) is 18.1 Å². The molecule has 122 valence electrons. The van der Waals surface area contributed by atoms with Gasteiger partial charge in [-0.1, -0.05) is 19.1 Å². The van der Waals surface area contributed by atoms with Crippen molar-refractivity contribution in [3.8, 4) is 5.75 Å². The van der Waals surface area contributed by atoms with Crippen LogP contribution in [0.3, 0.4) is 0 Å². The predicted octanol–water partition coefficient (Wildman–Crippen LogP) is 3.05. The molecule has 2 heterocycles. The molecular weight excluding hydrogens is 308 g/mol. The summed E-state index contributed by atoms with van der Waals surface area (Å²) < 4.78 is 5.77. The Labute approximate surface area is 140 Å². The molecule has 1 aliphatic rings. The first-order valence-corrected chi connectivity index (χ1v) is 8.87. The number of amides is 1. The Morgan fingerprint density at radius 2 is 2.30 bits per heavy atom. The van der Waals surface area contributed by atoms with Crippen LogP contribution in [0, 0.1) is 5.92 Å². The lowest BCUT2D eigenvalue weighted by molar-refractivity contribution is 0.0913. The van der Waals surface area contributed by atoms with Gasteiger partial charge in [0.1, 0.15) is 12.4 Å². The van der Waals surface area contributed by atoms with Gasteiger partial charge in [-0.25, -0.2) is 0 Å². The normalized spacial score (nSPS) is 20.9. The average Bonchev–Trinajstić information content (AvgIpc) is 3.09. The predicted molar refractivity (Wildman–Crippen MR) is 93.0 cm³/mol. The summed E-state index contributed by atoms with van der Waals surface area (Å²) in [6, 6.07) is 11.7. The van der Waals surface area contributed by atoms with Crippen LogP contribution in [-0.2, 0) is 6.61 Å². The van der Waals surface area contributed by atoms with Gasteiger partial charge in [-0.15, -0.1) is 11.3 Å². The molecule has 5 heteroatoms. The largest absolute Gasteiger partial charge is 0.488 e. The third kappa shape index (κ3) is 4.33. The summed E-state index contributed by atoms with van der Waals surface area (Å²) in [5.74, 6) is 1.15. The Balaban J connectivity index is 1.60. The van der Waals surface area contributed by atoms with Crippen molar-refractivity contribution in [2.75, 3.05) is 13.1 Å². The molecule has 1 fully saturated rings. The highest BCUT2D eigenvalue weighted by Crippen LogP contribution is 2.18. The maximum atomic E-state index is 12.5. The summed E-state index contributed by atoms with van der Waals surface area (Å²) >= 11 is 1.67. The molecule has 2 aromatic rings. The molecule has 1 aliphatic heterocycles. The molecule has 1 aromatic carbocycles. The molecule has 0 aliphatic carbocycles. The van der Waals surface area contributed by atoms with Crippen molar-refractivity contribution in [2.45, 2.75) is 26.0 Å². The Kier molecular flexibility index (Phi) is 5.31. The molecule has 3 rings (SSSR count). The third-order valence-electron chi connectivity index (χ3n) is 4.16. The zero-order chi connectivity index (χ0) is 16.1. The first-order chi connectivity index (χ1) is 11.2. The summed E-state index contributed by atoms with van der Waals surface area (Å²) in [7, 11) is 0. The number of hydrogen-bond acceptors (Lipinski definition) is 4. The van der Waals surface area contributed by atoms with Crippen molar-refractivity contribution in [3.05, 3.63) is 52.2 Å². The molecular formula is C18H22N2O2S. The number of piperidine rings is 1. The van der Waals surface area contributed by atoms with E-state index in [1.807, 2.05) is 41.8 Å². The minimum atomic E-state index is -0.0228. The van der Waals surface area contributed by atoms with Crippen LogP contribution in [0.5, 0.6) is 5.75 Å². The van der Waals surface area contributed by atoms with Crippen LogP contribution < -0.4 is 15.4 Å². The number of thiophene rings is 1. The summed E-state index contributed by atoms with van der Waals surface area (Å²) in [6.07, 6.45) is 0.974. The van der Waals surface area contributed by atoms with E-state index in [0.717, 1.165) is 25.3 Å². The van der Waals surface area contributed by atoms with Gasteiger partial charge in [0.15, 0.2) is 0 Å². The first-order valence-electron chi connectivity index (χ1n) is 7.99. The fourth-order valence-corrected chi connectivity index (χ4v) is 3.37. The Hall–Kier alpha value is -1.85. The average molecular weight is 330 g/mol. The van der Waals surface area contributed by atoms with Gasteiger partial charge in [0.25, 0.3) is 5.91 Å². The molecule has 1 saturated heterocycles. The highest BCUT2D eigenvalue weighted by molar-refractivity contribution is 7.09. The van der Waals surface area contributed by atoms with Crippen LogP contribution in [0.2, 0.25) is 0 Å². The summed E-state index contributed by atoms with van der Waals surface area (Å²) in [4.78, 5) is 13.6. The minimum absolute atomic E-state index is 0.0228. The lowest BCUT2D eigenvalue weighted by Gasteiger charge is -2.30. The Bertz CT molecular complexity index is 642. The van der Waals surface area contributed by atoms with E-state index in [-0.39, 0.29) is 11.9 Å². The lowest BCUT2D eigenvalue weighted by Crippen LogP contribution is -2.48. The number of rotatable bonds is 5. The van der Waals surface area contributed by atoms with Gasteiger partial charge < -0.3 is 15.4 Å². The third-order valence-corrected chi connectivity index (χ3v) is 5.01. The Morgan fingerprint density at radius 1 is 1.39 bits per heavy atom. The van der Waals surface area contributed by atoms with Crippen LogP contribution in [0.15, 0.2) is 41.8 Å². The second-order valence-electron chi connectivity index (χ2n) is 5.95. The van der Waals surface area contributed by atoms with E-state index in [9.17, 15) is 4.79 Å². The minimum Gasteiger partial charge on any atom is -0.488 e. The van der Waals surface area contributed by atoms with Gasteiger partial charge in [0.05, 0.1) is 0 Å². The topological polar surface area (TPSA) is 50.4 Å². The maximum absolute atomic E-state index is 12.5. The van der Waals surface area contributed by atoms with E-state index >= 15 is 0 Å².